The fourth-order valence-electron chi connectivity index (χ4n) is 3.23. The quantitative estimate of drug-likeness (QED) is 0.133. The van der Waals surface area contributed by atoms with Crippen molar-refractivity contribution in [1.82, 2.24) is 5.43 Å². The third-order valence-corrected chi connectivity index (χ3v) is 5.14. The van der Waals surface area contributed by atoms with Gasteiger partial charge in [0, 0.05) is 28.3 Å². The van der Waals surface area contributed by atoms with Crippen LogP contribution in [0.4, 0.5) is 5.69 Å². The zero-order valence-corrected chi connectivity index (χ0v) is 18.2. The summed E-state index contributed by atoms with van der Waals surface area (Å²) in [5, 5.41) is 17.2. The van der Waals surface area contributed by atoms with Crippen LogP contribution >= 0.6 is 11.6 Å². The van der Waals surface area contributed by atoms with Crippen molar-refractivity contribution in [3.05, 3.63) is 117 Å². The Kier molecular flexibility index (Phi) is 6.61. The Morgan fingerprint density at radius 2 is 1.71 bits per heavy atom. The van der Waals surface area contributed by atoms with Gasteiger partial charge < -0.3 is 4.74 Å². The van der Waals surface area contributed by atoms with Crippen molar-refractivity contribution < 1.29 is 19.2 Å². The molecular formula is C25H16ClN3O5. The molecule has 1 amide bonds. The van der Waals surface area contributed by atoms with Gasteiger partial charge in [0.05, 0.1) is 16.7 Å². The first-order valence-corrected chi connectivity index (χ1v) is 10.4. The van der Waals surface area contributed by atoms with Gasteiger partial charge in [-0.3, -0.25) is 14.9 Å². The molecule has 4 aromatic rings. The normalized spacial score (nSPS) is 10.9. The summed E-state index contributed by atoms with van der Waals surface area (Å²) in [6.45, 7) is 0. The number of nitro benzene ring substituents is 1. The minimum absolute atomic E-state index is 0.0358. The predicted molar refractivity (Wildman–Crippen MR) is 129 cm³/mol. The Morgan fingerprint density at radius 1 is 0.971 bits per heavy atom. The number of esters is 1. The average molecular weight is 474 g/mol. The lowest BCUT2D eigenvalue weighted by molar-refractivity contribution is -0.384. The van der Waals surface area contributed by atoms with Crippen molar-refractivity contribution in [2.24, 2.45) is 5.10 Å². The second kappa shape index (κ2) is 9.93. The highest BCUT2D eigenvalue weighted by atomic mass is 35.5. The zero-order valence-electron chi connectivity index (χ0n) is 17.5. The third kappa shape index (κ3) is 5.08. The van der Waals surface area contributed by atoms with E-state index in [0.717, 1.165) is 10.8 Å². The van der Waals surface area contributed by atoms with Crippen LogP contribution in [-0.4, -0.2) is 23.0 Å². The molecule has 0 atom stereocenters. The summed E-state index contributed by atoms with van der Waals surface area (Å²) in [6, 6.07) is 22.5. The van der Waals surface area contributed by atoms with Gasteiger partial charge in [-0.1, -0.05) is 48.0 Å². The summed E-state index contributed by atoms with van der Waals surface area (Å²) in [6.07, 6.45) is 1.18. The summed E-state index contributed by atoms with van der Waals surface area (Å²) >= 11 is 5.84. The van der Waals surface area contributed by atoms with E-state index in [1.807, 2.05) is 30.3 Å². The number of nitro groups is 1. The van der Waals surface area contributed by atoms with Crippen LogP contribution in [0.25, 0.3) is 10.8 Å². The molecule has 168 valence electrons. The van der Waals surface area contributed by atoms with E-state index < -0.39 is 16.8 Å². The van der Waals surface area contributed by atoms with Gasteiger partial charge in [-0.15, -0.1) is 0 Å². The van der Waals surface area contributed by atoms with Crippen molar-refractivity contribution >= 4 is 46.2 Å². The second-order valence-electron chi connectivity index (χ2n) is 7.10. The van der Waals surface area contributed by atoms with E-state index in [9.17, 15) is 19.7 Å². The lowest BCUT2D eigenvalue weighted by atomic mass is 10.0. The molecule has 0 saturated carbocycles. The van der Waals surface area contributed by atoms with Gasteiger partial charge in [-0.2, -0.15) is 5.10 Å². The maximum Gasteiger partial charge on any atom is 0.343 e. The lowest BCUT2D eigenvalue weighted by Crippen LogP contribution is -2.18. The molecule has 0 unspecified atom stereocenters. The van der Waals surface area contributed by atoms with Gasteiger partial charge in [0.25, 0.3) is 11.6 Å². The van der Waals surface area contributed by atoms with Crippen molar-refractivity contribution in [2.75, 3.05) is 0 Å². The highest BCUT2D eigenvalue weighted by molar-refractivity contribution is 6.30. The van der Waals surface area contributed by atoms with Gasteiger partial charge in [-0.25, -0.2) is 10.2 Å². The number of hydrazone groups is 1. The minimum atomic E-state index is -0.681. The Labute approximate surface area is 198 Å². The van der Waals surface area contributed by atoms with Gasteiger partial charge in [0.2, 0.25) is 0 Å². The van der Waals surface area contributed by atoms with Crippen LogP contribution < -0.4 is 10.2 Å². The first kappa shape index (κ1) is 22.6. The molecule has 8 nitrogen and oxygen atoms in total. The molecule has 34 heavy (non-hydrogen) atoms. The molecule has 0 aliphatic heterocycles. The zero-order chi connectivity index (χ0) is 24.1. The molecule has 0 bridgehead atoms. The van der Waals surface area contributed by atoms with Crippen molar-refractivity contribution in [2.45, 2.75) is 0 Å². The number of carbonyl (C=O) groups excluding carboxylic acids is 2. The summed E-state index contributed by atoms with van der Waals surface area (Å²) in [4.78, 5) is 35.8. The number of amides is 1. The SMILES string of the molecule is O=C(Oc1ccc([N+](=O)[O-])cc1/C=N/NC(=O)c1cccc2ccccc12)c1ccc(Cl)cc1. The fraction of sp³-hybridized carbons (Fsp3) is 0. The Morgan fingerprint density at radius 3 is 2.47 bits per heavy atom. The van der Waals surface area contributed by atoms with Crippen LogP contribution in [0, 0.1) is 10.1 Å². The van der Waals surface area contributed by atoms with E-state index in [0.29, 0.717) is 10.6 Å². The molecule has 0 radical (unpaired) electrons. The smallest absolute Gasteiger partial charge is 0.343 e. The largest absolute Gasteiger partial charge is 0.422 e. The summed E-state index contributed by atoms with van der Waals surface area (Å²) in [7, 11) is 0. The topological polar surface area (TPSA) is 111 Å². The van der Waals surface area contributed by atoms with E-state index >= 15 is 0 Å². The number of carbonyl (C=O) groups is 2. The van der Waals surface area contributed by atoms with Crippen molar-refractivity contribution in [1.29, 1.82) is 0 Å². The molecule has 1 N–H and O–H groups in total. The summed E-state index contributed by atoms with van der Waals surface area (Å²) in [5.74, 6) is -1.10. The molecule has 4 rings (SSSR count). The van der Waals surface area contributed by atoms with Crippen LogP contribution in [0.3, 0.4) is 0 Å². The molecule has 0 aliphatic rings. The van der Waals surface area contributed by atoms with Gasteiger partial charge >= 0.3 is 5.97 Å². The van der Waals surface area contributed by atoms with E-state index in [2.05, 4.69) is 10.5 Å². The Balaban J connectivity index is 1.57. The molecule has 0 heterocycles. The molecule has 9 heteroatoms. The number of fused-ring (bicyclic) bond motifs is 1. The van der Waals surface area contributed by atoms with Crippen LogP contribution in [0.2, 0.25) is 5.02 Å². The minimum Gasteiger partial charge on any atom is -0.422 e. The summed E-state index contributed by atoms with van der Waals surface area (Å²) < 4.78 is 5.40. The number of hydrogen-bond donors (Lipinski definition) is 1. The van der Waals surface area contributed by atoms with Crippen LogP contribution in [-0.2, 0) is 0 Å². The number of rotatable bonds is 6. The predicted octanol–water partition coefficient (Wildman–Crippen LogP) is 5.38. The lowest BCUT2D eigenvalue weighted by Gasteiger charge is -2.08. The van der Waals surface area contributed by atoms with Crippen LogP contribution in [0.1, 0.15) is 26.3 Å². The number of halogens is 1. The Bertz CT molecular complexity index is 1430. The highest BCUT2D eigenvalue weighted by Crippen LogP contribution is 2.24. The van der Waals surface area contributed by atoms with Crippen LogP contribution in [0.15, 0.2) is 90.0 Å². The van der Waals surface area contributed by atoms with E-state index in [1.54, 1.807) is 24.3 Å². The molecule has 0 aliphatic carbocycles. The molecular weight excluding hydrogens is 458 g/mol. The molecule has 0 aromatic heterocycles. The molecule has 0 spiro atoms. The molecule has 0 saturated heterocycles. The van der Waals surface area contributed by atoms with E-state index in [4.69, 9.17) is 16.3 Å². The number of benzene rings is 4. The number of nitrogens with zero attached hydrogens (tertiary/aromatic N) is 2. The maximum absolute atomic E-state index is 12.7. The van der Waals surface area contributed by atoms with Gasteiger partial charge in [-0.05, 0) is 47.2 Å². The number of ether oxygens (including phenoxy) is 1. The first-order chi connectivity index (χ1) is 16.4. The maximum atomic E-state index is 12.7. The average Bonchev–Trinajstić information content (AvgIpc) is 2.84. The van der Waals surface area contributed by atoms with Crippen LogP contribution in [0.5, 0.6) is 5.75 Å². The second-order valence-corrected chi connectivity index (χ2v) is 7.54. The number of hydrogen-bond acceptors (Lipinski definition) is 6. The monoisotopic (exact) mass is 473 g/mol. The number of non-ortho nitro benzene ring substituents is 1. The highest BCUT2D eigenvalue weighted by Gasteiger charge is 2.15. The Hall–Kier alpha value is -4.56. The number of nitrogens with one attached hydrogen (secondary N) is 1. The summed E-state index contributed by atoms with van der Waals surface area (Å²) in [5.41, 5.74) is 2.98. The molecule has 4 aromatic carbocycles. The van der Waals surface area contributed by atoms with Crippen molar-refractivity contribution in [3.8, 4) is 5.75 Å². The van der Waals surface area contributed by atoms with Crippen molar-refractivity contribution in [3.63, 3.8) is 0 Å². The van der Waals surface area contributed by atoms with E-state index in [1.165, 1.54) is 36.5 Å². The standard InChI is InChI=1S/C25H16ClN3O5/c26-19-10-8-17(9-11-19)25(31)34-23-13-12-20(29(32)33)14-18(23)15-27-28-24(30)22-7-3-5-16-4-1-2-6-21(16)22/h1-15H,(H,28,30)/b27-15+. The fourth-order valence-corrected chi connectivity index (χ4v) is 3.36. The van der Waals surface area contributed by atoms with Gasteiger partial charge in [0.15, 0.2) is 0 Å². The molecule has 0 fully saturated rings. The third-order valence-electron chi connectivity index (χ3n) is 4.89. The van der Waals surface area contributed by atoms with E-state index in [-0.39, 0.29) is 22.6 Å². The first-order valence-electron chi connectivity index (χ1n) is 10.00. The van der Waals surface area contributed by atoms with Gasteiger partial charge in [0.1, 0.15) is 5.75 Å².